The number of guanidine groups is 1. The number of aliphatic imine (C=N–C) groups is 1. The molecule has 2 atom stereocenters. The molecule has 1 aliphatic carbocycles. The number of allylic oxidation sites excluding steroid dienone is 1. The number of halogens is 1. The highest BCUT2D eigenvalue weighted by molar-refractivity contribution is 14.0. The van der Waals surface area contributed by atoms with Gasteiger partial charge in [-0.3, -0.25) is 4.99 Å². The average molecular weight is 427 g/mol. The number of unbranched alkanes of at least 4 members (excludes halogenated alkanes) is 1. The predicted octanol–water partition coefficient (Wildman–Crippen LogP) is 4.27. The van der Waals surface area contributed by atoms with Crippen LogP contribution in [0.2, 0.25) is 0 Å². The number of benzene rings is 1. The summed E-state index contributed by atoms with van der Waals surface area (Å²) in [5.74, 6) is 2.45. The fourth-order valence-electron chi connectivity index (χ4n) is 2.81. The summed E-state index contributed by atoms with van der Waals surface area (Å²) in [6, 6.07) is 10.8. The van der Waals surface area contributed by atoms with E-state index >= 15 is 0 Å². The van der Waals surface area contributed by atoms with Crippen LogP contribution in [0.25, 0.3) is 0 Å². The maximum absolute atomic E-state index is 4.84. The summed E-state index contributed by atoms with van der Waals surface area (Å²) in [7, 11) is 2.12. The molecule has 1 fully saturated rings. The fourth-order valence-corrected chi connectivity index (χ4v) is 2.81. The first kappa shape index (κ1) is 20.0. The molecule has 2 unspecified atom stereocenters. The molecule has 1 N–H and O–H groups in total. The quantitative estimate of drug-likeness (QED) is 0.221. The van der Waals surface area contributed by atoms with Crippen molar-refractivity contribution < 1.29 is 0 Å². The van der Waals surface area contributed by atoms with E-state index < -0.39 is 0 Å². The highest BCUT2D eigenvalue weighted by atomic mass is 127. The summed E-state index contributed by atoms with van der Waals surface area (Å²) in [4.78, 5) is 7.06. The van der Waals surface area contributed by atoms with Gasteiger partial charge >= 0.3 is 0 Å². The lowest BCUT2D eigenvalue weighted by molar-refractivity contribution is 0.469. The minimum atomic E-state index is 0. The Kier molecular flexibility index (Phi) is 9.29. The minimum Gasteiger partial charge on any atom is -0.357 e. The van der Waals surface area contributed by atoms with E-state index in [-0.39, 0.29) is 24.0 Å². The summed E-state index contributed by atoms with van der Waals surface area (Å²) in [6.07, 6.45) is 5.43. The first-order valence-corrected chi connectivity index (χ1v) is 8.41. The van der Waals surface area contributed by atoms with Gasteiger partial charge in [0.1, 0.15) is 0 Å². The highest BCUT2D eigenvalue weighted by Gasteiger charge is 2.37. The van der Waals surface area contributed by atoms with E-state index in [1.165, 1.54) is 12.0 Å². The van der Waals surface area contributed by atoms with Gasteiger partial charge in [-0.1, -0.05) is 36.4 Å². The molecule has 4 heteroatoms. The van der Waals surface area contributed by atoms with Crippen LogP contribution in [0, 0.1) is 5.92 Å². The van der Waals surface area contributed by atoms with Crippen LogP contribution in [0.3, 0.4) is 0 Å². The van der Waals surface area contributed by atoms with Crippen molar-refractivity contribution in [3.63, 3.8) is 0 Å². The average Bonchev–Trinajstić information content (AvgIpc) is 3.32. The lowest BCUT2D eigenvalue weighted by Gasteiger charge is -2.21. The van der Waals surface area contributed by atoms with E-state index in [1.54, 1.807) is 0 Å². The standard InChI is InChI=1S/C19H29N3.HI/c1-4-6-10-13-22(3)19(20-5-2)21-15-17-14-18(17)16-11-8-7-9-12-16;/h4,7-9,11-12,17-18H,1,5-6,10,13-15H2,2-3H3,(H,20,21);1H. The zero-order chi connectivity index (χ0) is 15.8. The molecule has 1 aromatic rings. The van der Waals surface area contributed by atoms with Crippen molar-refractivity contribution in [1.82, 2.24) is 10.2 Å². The van der Waals surface area contributed by atoms with Gasteiger partial charge in [-0.2, -0.15) is 0 Å². The molecule has 0 aliphatic heterocycles. The number of hydrogen-bond acceptors (Lipinski definition) is 1. The first-order chi connectivity index (χ1) is 10.8. The van der Waals surface area contributed by atoms with E-state index in [0.717, 1.165) is 38.4 Å². The second-order valence-electron chi connectivity index (χ2n) is 6.06. The second-order valence-corrected chi connectivity index (χ2v) is 6.06. The van der Waals surface area contributed by atoms with Gasteiger partial charge in [0.2, 0.25) is 0 Å². The van der Waals surface area contributed by atoms with Crippen LogP contribution < -0.4 is 5.32 Å². The van der Waals surface area contributed by atoms with Crippen LogP contribution in [0.5, 0.6) is 0 Å². The molecule has 0 radical (unpaired) electrons. The maximum Gasteiger partial charge on any atom is 0.193 e. The summed E-state index contributed by atoms with van der Waals surface area (Å²) >= 11 is 0. The zero-order valence-corrected chi connectivity index (χ0v) is 16.7. The highest BCUT2D eigenvalue weighted by Crippen LogP contribution is 2.47. The van der Waals surface area contributed by atoms with E-state index in [9.17, 15) is 0 Å². The SMILES string of the molecule is C=CCCCN(C)C(=NCC1CC1c1ccccc1)NCC.I. The van der Waals surface area contributed by atoms with Crippen LogP contribution in [-0.2, 0) is 0 Å². The third-order valence-corrected chi connectivity index (χ3v) is 4.22. The van der Waals surface area contributed by atoms with Crippen molar-refractivity contribution in [3.05, 3.63) is 48.6 Å². The molecule has 1 aliphatic rings. The Hall–Kier alpha value is -1.04. The lowest BCUT2D eigenvalue weighted by atomic mass is 10.1. The Labute approximate surface area is 158 Å². The molecule has 1 aromatic carbocycles. The first-order valence-electron chi connectivity index (χ1n) is 8.41. The molecule has 0 bridgehead atoms. The Balaban J connectivity index is 0.00000264. The van der Waals surface area contributed by atoms with Crippen LogP contribution in [0.4, 0.5) is 0 Å². The largest absolute Gasteiger partial charge is 0.357 e. The molecule has 128 valence electrons. The van der Waals surface area contributed by atoms with Crippen LogP contribution in [0.1, 0.15) is 37.7 Å². The molecule has 0 amide bonds. The van der Waals surface area contributed by atoms with Crippen molar-refractivity contribution in [3.8, 4) is 0 Å². The van der Waals surface area contributed by atoms with Crippen LogP contribution in [0.15, 0.2) is 48.0 Å². The predicted molar refractivity (Wildman–Crippen MR) is 111 cm³/mol. The number of hydrogen-bond donors (Lipinski definition) is 1. The van der Waals surface area contributed by atoms with Gasteiger partial charge in [-0.15, -0.1) is 30.6 Å². The monoisotopic (exact) mass is 427 g/mol. The lowest BCUT2D eigenvalue weighted by Crippen LogP contribution is -2.39. The number of rotatable bonds is 8. The molecule has 1 saturated carbocycles. The van der Waals surface area contributed by atoms with E-state index in [2.05, 4.69) is 61.1 Å². The normalized spacial score (nSPS) is 19.7. The van der Waals surface area contributed by atoms with Crippen molar-refractivity contribution in [2.24, 2.45) is 10.9 Å². The van der Waals surface area contributed by atoms with Crippen molar-refractivity contribution in [2.75, 3.05) is 26.7 Å². The third-order valence-electron chi connectivity index (χ3n) is 4.22. The van der Waals surface area contributed by atoms with Crippen LogP contribution in [-0.4, -0.2) is 37.5 Å². The minimum absolute atomic E-state index is 0. The third kappa shape index (κ3) is 6.53. The van der Waals surface area contributed by atoms with Gasteiger partial charge in [0, 0.05) is 26.7 Å². The van der Waals surface area contributed by atoms with Crippen molar-refractivity contribution >= 4 is 29.9 Å². The van der Waals surface area contributed by atoms with Crippen molar-refractivity contribution in [1.29, 1.82) is 0 Å². The van der Waals surface area contributed by atoms with Gasteiger partial charge < -0.3 is 10.2 Å². The Morgan fingerprint density at radius 3 is 2.78 bits per heavy atom. The molecule has 23 heavy (non-hydrogen) atoms. The van der Waals surface area contributed by atoms with Gasteiger partial charge in [-0.05, 0) is 43.6 Å². The van der Waals surface area contributed by atoms with Crippen molar-refractivity contribution in [2.45, 2.75) is 32.1 Å². The molecule has 0 saturated heterocycles. The summed E-state index contributed by atoms with van der Waals surface area (Å²) in [5.41, 5.74) is 1.46. The fraction of sp³-hybridized carbons (Fsp3) is 0.526. The molecular weight excluding hydrogens is 397 g/mol. The van der Waals surface area contributed by atoms with Crippen LogP contribution >= 0.6 is 24.0 Å². The van der Waals surface area contributed by atoms with Gasteiger partial charge in [0.15, 0.2) is 5.96 Å². The van der Waals surface area contributed by atoms with Gasteiger partial charge in [-0.25, -0.2) is 0 Å². The Morgan fingerprint density at radius 2 is 2.13 bits per heavy atom. The molecule has 0 aromatic heterocycles. The number of nitrogens with zero attached hydrogens (tertiary/aromatic N) is 2. The molecule has 2 rings (SSSR count). The topological polar surface area (TPSA) is 27.6 Å². The second kappa shape index (κ2) is 10.7. The zero-order valence-electron chi connectivity index (χ0n) is 14.4. The maximum atomic E-state index is 4.84. The van der Waals surface area contributed by atoms with Gasteiger partial charge in [0.25, 0.3) is 0 Å². The summed E-state index contributed by atoms with van der Waals surface area (Å²) in [5, 5.41) is 3.40. The van der Waals surface area contributed by atoms with Gasteiger partial charge in [0.05, 0.1) is 0 Å². The Morgan fingerprint density at radius 1 is 1.39 bits per heavy atom. The molecule has 0 spiro atoms. The Bertz CT molecular complexity index is 487. The van der Waals surface area contributed by atoms with E-state index in [1.807, 2.05) is 6.08 Å². The van der Waals surface area contributed by atoms with E-state index in [0.29, 0.717) is 11.8 Å². The van der Waals surface area contributed by atoms with E-state index in [4.69, 9.17) is 4.99 Å². The molecule has 0 heterocycles. The summed E-state index contributed by atoms with van der Waals surface area (Å²) < 4.78 is 0. The summed E-state index contributed by atoms with van der Waals surface area (Å²) in [6.45, 7) is 8.76. The number of nitrogens with one attached hydrogen (secondary N) is 1. The smallest absolute Gasteiger partial charge is 0.193 e. The molecule has 3 nitrogen and oxygen atoms in total. The molecular formula is C19H30IN3.